The molecule has 1 aromatic rings. The third-order valence-corrected chi connectivity index (χ3v) is 4.09. The van der Waals surface area contributed by atoms with Crippen LogP contribution < -0.4 is 0 Å². The lowest BCUT2D eigenvalue weighted by molar-refractivity contribution is -0.400. The highest BCUT2D eigenvalue weighted by atomic mass is 19.4. The van der Waals surface area contributed by atoms with Crippen molar-refractivity contribution in [3.05, 3.63) is 34.9 Å². The molecule has 0 bridgehead atoms. The molecular weight excluding hydrogens is 390 g/mol. The highest BCUT2D eigenvalue weighted by molar-refractivity contribution is 5.61. The standard InChI is InChI=1S/C19H24F6O3/c1-4-6-7-9-14-11-15(10-13(8-5-2)16(14)26)17(18(20,21)22,19(23,24)25)28-12-27-3/h7,9-11,26H,4-6,8,12H2,1-3H3. The number of allylic oxidation sites excluding steroid dienone is 1. The molecule has 0 aliphatic heterocycles. The summed E-state index contributed by atoms with van der Waals surface area (Å²) in [6, 6.07) is 1.37. The summed E-state index contributed by atoms with van der Waals surface area (Å²) in [7, 11) is 0.926. The molecule has 0 spiro atoms. The lowest BCUT2D eigenvalue weighted by atomic mass is 9.87. The number of halogens is 6. The maximum atomic E-state index is 13.8. The number of aromatic hydroxyl groups is 1. The van der Waals surface area contributed by atoms with Crippen LogP contribution in [0.3, 0.4) is 0 Å². The van der Waals surface area contributed by atoms with Crippen molar-refractivity contribution in [2.75, 3.05) is 13.9 Å². The first-order valence-corrected chi connectivity index (χ1v) is 8.75. The van der Waals surface area contributed by atoms with Gasteiger partial charge in [-0.05, 0) is 30.5 Å². The predicted octanol–water partition coefficient (Wildman–Crippen LogP) is 6.10. The number of unbranched alkanes of at least 4 members (excludes halogenated alkanes) is 1. The van der Waals surface area contributed by atoms with Crippen molar-refractivity contribution in [1.82, 2.24) is 0 Å². The quantitative estimate of drug-likeness (QED) is 0.392. The smallest absolute Gasteiger partial charge is 0.430 e. The molecule has 0 aliphatic rings. The van der Waals surface area contributed by atoms with Gasteiger partial charge in [0.2, 0.25) is 0 Å². The predicted molar refractivity (Wildman–Crippen MR) is 92.8 cm³/mol. The molecule has 9 heteroatoms. The van der Waals surface area contributed by atoms with Crippen LogP contribution >= 0.6 is 0 Å². The van der Waals surface area contributed by atoms with E-state index in [9.17, 15) is 31.4 Å². The Balaban J connectivity index is 3.80. The first-order valence-electron chi connectivity index (χ1n) is 8.75. The van der Waals surface area contributed by atoms with E-state index in [1.807, 2.05) is 6.92 Å². The van der Waals surface area contributed by atoms with Crippen LogP contribution in [0.2, 0.25) is 0 Å². The fraction of sp³-hybridized carbons (Fsp3) is 0.579. The van der Waals surface area contributed by atoms with Crippen LogP contribution in [0.15, 0.2) is 18.2 Å². The van der Waals surface area contributed by atoms with Crippen molar-refractivity contribution in [3.8, 4) is 5.75 Å². The molecule has 0 fully saturated rings. The van der Waals surface area contributed by atoms with Gasteiger partial charge >= 0.3 is 12.4 Å². The van der Waals surface area contributed by atoms with Gasteiger partial charge in [0.05, 0.1) is 0 Å². The Morgan fingerprint density at radius 3 is 2.07 bits per heavy atom. The van der Waals surface area contributed by atoms with E-state index in [2.05, 4.69) is 9.47 Å². The van der Waals surface area contributed by atoms with Crippen molar-refractivity contribution >= 4 is 6.08 Å². The van der Waals surface area contributed by atoms with Gasteiger partial charge < -0.3 is 14.6 Å². The van der Waals surface area contributed by atoms with Crippen LogP contribution in [-0.4, -0.2) is 31.4 Å². The Bertz CT molecular complexity index is 651. The Morgan fingerprint density at radius 2 is 1.61 bits per heavy atom. The lowest BCUT2D eigenvalue weighted by Gasteiger charge is -2.37. The number of phenolic OH excluding ortho intramolecular Hbond substituents is 1. The van der Waals surface area contributed by atoms with E-state index in [0.29, 0.717) is 25.0 Å². The van der Waals surface area contributed by atoms with Crippen molar-refractivity contribution in [2.24, 2.45) is 0 Å². The van der Waals surface area contributed by atoms with Crippen LogP contribution in [0.25, 0.3) is 6.08 Å². The number of benzene rings is 1. The molecule has 160 valence electrons. The Kier molecular flexibility index (Phi) is 8.37. The van der Waals surface area contributed by atoms with Crippen molar-refractivity contribution < 1.29 is 40.9 Å². The summed E-state index contributed by atoms with van der Waals surface area (Å²) in [5.74, 6) is -0.344. The van der Waals surface area contributed by atoms with Crippen LogP contribution in [0.5, 0.6) is 5.75 Å². The number of aryl methyl sites for hydroxylation is 1. The number of alkyl halides is 6. The Hall–Kier alpha value is -1.74. The van der Waals surface area contributed by atoms with Crippen LogP contribution in [0.1, 0.15) is 49.8 Å². The van der Waals surface area contributed by atoms with E-state index in [1.54, 1.807) is 13.0 Å². The highest BCUT2D eigenvalue weighted by Crippen LogP contribution is 2.53. The van der Waals surface area contributed by atoms with Crippen LogP contribution in [0, 0.1) is 0 Å². The van der Waals surface area contributed by atoms with E-state index in [4.69, 9.17) is 0 Å². The minimum absolute atomic E-state index is 0.0185. The molecule has 0 atom stereocenters. The zero-order valence-electron chi connectivity index (χ0n) is 15.9. The minimum Gasteiger partial charge on any atom is -0.507 e. The van der Waals surface area contributed by atoms with Crippen molar-refractivity contribution in [1.29, 1.82) is 0 Å². The van der Waals surface area contributed by atoms with E-state index in [-0.39, 0.29) is 23.3 Å². The van der Waals surface area contributed by atoms with Gasteiger partial charge in [-0.15, -0.1) is 0 Å². The monoisotopic (exact) mass is 414 g/mol. The maximum absolute atomic E-state index is 13.8. The number of hydrogen-bond acceptors (Lipinski definition) is 3. The summed E-state index contributed by atoms with van der Waals surface area (Å²) in [5, 5.41) is 10.3. The topological polar surface area (TPSA) is 38.7 Å². The number of rotatable bonds is 9. The zero-order chi connectivity index (χ0) is 21.6. The molecule has 0 amide bonds. The van der Waals surface area contributed by atoms with Gasteiger partial charge in [-0.2, -0.15) is 26.3 Å². The van der Waals surface area contributed by atoms with Gasteiger partial charge in [0, 0.05) is 18.2 Å². The van der Waals surface area contributed by atoms with Gasteiger partial charge in [-0.1, -0.05) is 38.8 Å². The Morgan fingerprint density at radius 1 is 1.00 bits per heavy atom. The molecule has 28 heavy (non-hydrogen) atoms. The molecule has 0 aliphatic carbocycles. The SMILES string of the molecule is CCCC=Cc1cc(C(OCOC)(C(F)(F)F)C(F)(F)F)cc(CCC)c1O. The summed E-state index contributed by atoms with van der Waals surface area (Å²) in [6.07, 6.45) is -6.93. The molecule has 0 radical (unpaired) electrons. The average Bonchev–Trinajstić information content (AvgIpc) is 2.57. The average molecular weight is 414 g/mol. The second kappa shape index (κ2) is 9.65. The van der Waals surface area contributed by atoms with Gasteiger partial charge in [0.15, 0.2) is 0 Å². The molecule has 0 saturated heterocycles. The third-order valence-electron chi connectivity index (χ3n) is 4.09. The number of hydrogen-bond donors (Lipinski definition) is 1. The summed E-state index contributed by atoms with van der Waals surface area (Å²) in [4.78, 5) is 0. The molecule has 0 aromatic heterocycles. The molecule has 0 unspecified atom stereocenters. The van der Waals surface area contributed by atoms with Crippen LogP contribution in [-0.2, 0) is 21.5 Å². The summed E-state index contributed by atoms with van der Waals surface area (Å²) >= 11 is 0. The Labute approximate surface area is 160 Å². The first kappa shape index (κ1) is 24.3. The molecule has 1 aromatic carbocycles. The number of phenols is 1. The fourth-order valence-electron chi connectivity index (χ4n) is 2.77. The largest absolute Gasteiger partial charge is 0.507 e. The van der Waals surface area contributed by atoms with E-state index in [0.717, 1.165) is 13.5 Å². The van der Waals surface area contributed by atoms with Gasteiger partial charge in [0.1, 0.15) is 12.5 Å². The van der Waals surface area contributed by atoms with Gasteiger partial charge in [-0.25, -0.2) is 0 Å². The van der Waals surface area contributed by atoms with E-state index in [1.165, 1.54) is 6.08 Å². The molecule has 0 heterocycles. The summed E-state index contributed by atoms with van der Waals surface area (Å²) < 4.78 is 91.1. The first-order chi connectivity index (χ1) is 13.0. The maximum Gasteiger partial charge on any atom is 0.430 e. The van der Waals surface area contributed by atoms with E-state index >= 15 is 0 Å². The molecule has 1 N–H and O–H groups in total. The summed E-state index contributed by atoms with van der Waals surface area (Å²) in [5.41, 5.74) is -5.88. The van der Waals surface area contributed by atoms with Gasteiger partial charge in [0.25, 0.3) is 5.60 Å². The number of methoxy groups -OCH3 is 1. The summed E-state index contributed by atoms with van der Waals surface area (Å²) in [6.45, 7) is 2.34. The van der Waals surface area contributed by atoms with Gasteiger partial charge in [-0.3, -0.25) is 0 Å². The lowest BCUT2D eigenvalue weighted by Crippen LogP contribution is -2.56. The van der Waals surface area contributed by atoms with Crippen LogP contribution in [0.4, 0.5) is 26.3 Å². The number of ether oxygens (including phenoxy) is 2. The molecule has 3 nitrogen and oxygen atoms in total. The highest BCUT2D eigenvalue weighted by Gasteiger charge is 2.73. The van der Waals surface area contributed by atoms with Crippen molar-refractivity contribution in [2.45, 2.75) is 57.5 Å². The fourth-order valence-corrected chi connectivity index (χ4v) is 2.77. The van der Waals surface area contributed by atoms with E-state index < -0.39 is 30.3 Å². The minimum atomic E-state index is -5.81. The molecule has 1 rings (SSSR count). The second-order valence-corrected chi connectivity index (χ2v) is 6.24. The third kappa shape index (κ3) is 5.00. The normalized spacial score (nSPS) is 13.5. The molecular formula is C19H24F6O3. The zero-order valence-corrected chi connectivity index (χ0v) is 15.9. The second-order valence-electron chi connectivity index (χ2n) is 6.24. The van der Waals surface area contributed by atoms with Crippen molar-refractivity contribution in [3.63, 3.8) is 0 Å². The molecule has 0 saturated carbocycles.